The van der Waals surface area contributed by atoms with E-state index in [1.54, 1.807) is 25.1 Å². The number of nitrogens with zero attached hydrogens (tertiary/aromatic N) is 3. The van der Waals surface area contributed by atoms with Crippen LogP contribution in [0.4, 0.5) is 5.69 Å². The van der Waals surface area contributed by atoms with Gasteiger partial charge in [-0.3, -0.25) is 14.5 Å². The fraction of sp³-hybridized carbons (Fsp3) is 0.115. The molecule has 7 heteroatoms. The van der Waals surface area contributed by atoms with Crippen LogP contribution < -0.4 is 14.8 Å². The van der Waals surface area contributed by atoms with Crippen molar-refractivity contribution in [3.8, 4) is 22.8 Å². The van der Waals surface area contributed by atoms with E-state index in [0.29, 0.717) is 11.5 Å². The number of rotatable bonds is 6. The second-order valence-corrected chi connectivity index (χ2v) is 7.53. The molecule has 0 spiro atoms. The van der Waals surface area contributed by atoms with Gasteiger partial charge >= 0.3 is 0 Å². The topological polar surface area (TPSA) is 78.3 Å². The molecule has 0 bridgehead atoms. The van der Waals surface area contributed by atoms with Crippen LogP contribution >= 0.6 is 0 Å². The number of pyridine rings is 1. The minimum atomic E-state index is -0.171. The van der Waals surface area contributed by atoms with Gasteiger partial charge in [0.2, 0.25) is 5.91 Å². The SMILES string of the molecule is COc1cc2ncc3c(-c4ccccc4)nn(CC(=O)Nc4ccccc4)c3c2cc1OC. The molecule has 0 aliphatic heterocycles. The van der Waals surface area contributed by atoms with Crippen LogP contribution in [0, 0.1) is 0 Å². The van der Waals surface area contributed by atoms with Crippen molar-refractivity contribution in [1.82, 2.24) is 14.8 Å². The predicted octanol–water partition coefficient (Wildman–Crippen LogP) is 4.91. The molecule has 0 fully saturated rings. The third-order valence-corrected chi connectivity index (χ3v) is 5.48. The van der Waals surface area contributed by atoms with Gasteiger partial charge in [-0.1, -0.05) is 48.5 Å². The summed E-state index contributed by atoms with van der Waals surface area (Å²) in [5.41, 5.74) is 3.99. The number of hydrogen-bond acceptors (Lipinski definition) is 5. The van der Waals surface area contributed by atoms with Crippen LogP contribution in [0.15, 0.2) is 79.0 Å². The third kappa shape index (κ3) is 3.85. The average molecular weight is 438 g/mol. The van der Waals surface area contributed by atoms with Crippen LogP contribution in [0.2, 0.25) is 0 Å². The number of ether oxygens (including phenoxy) is 2. The summed E-state index contributed by atoms with van der Waals surface area (Å²) in [6, 6.07) is 23.0. The Morgan fingerprint density at radius 3 is 2.27 bits per heavy atom. The lowest BCUT2D eigenvalue weighted by Crippen LogP contribution is -2.19. The summed E-state index contributed by atoms with van der Waals surface area (Å²) < 4.78 is 12.7. The summed E-state index contributed by atoms with van der Waals surface area (Å²) in [7, 11) is 3.19. The van der Waals surface area contributed by atoms with E-state index in [-0.39, 0.29) is 12.5 Å². The van der Waals surface area contributed by atoms with E-state index < -0.39 is 0 Å². The number of anilines is 1. The van der Waals surface area contributed by atoms with Crippen molar-refractivity contribution in [2.75, 3.05) is 19.5 Å². The number of benzene rings is 3. The second kappa shape index (κ2) is 8.63. The van der Waals surface area contributed by atoms with Crippen molar-refractivity contribution in [2.24, 2.45) is 0 Å². The molecule has 164 valence electrons. The number of para-hydroxylation sites is 1. The molecule has 0 aliphatic rings. The number of aromatic nitrogens is 3. The van der Waals surface area contributed by atoms with Crippen molar-refractivity contribution in [3.63, 3.8) is 0 Å². The van der Waals surface area contributed by atoms with Gasteiger partial charge in [0.1, 0.15) is 12.2 Å². The first kappa shape index (κ1) is 20.5. The van der Waals surface area contributed by atoms with E-state index in [1.165, 1.54) is 0 Å². The Labute approximate surface area is 190 Å². The van der Waals surface area contributed by atoms with Gasteiger partial charge in [-0.25, -0.2) is 0 Å². The molecule has 2 aromatic heterocycles. The fourth-order valence-electron chi connectivity index (χ4n) is 3.96. The molecule has 0 radical (unpaired) electrons. The lowest BCUT2D eigenvalue weighted by atomic mass is 10.1. The molecule has 7 nitrogen and oxygen atoms in total. The van der Waals surface area contributed by atoms with Gasteiger partial charge in [0.05, 0.1) is 25.3 Å². The minimum Gasteiger partial charge on any atom is -0.493 e. The zero-order valence-electron chi connectivity index (χ0n) is 18.3. The summed E-state index contributed by atoms with van der Waals surface area (Å²) in [6.45, 7) is 0.0473. The third-order valence-electron chi connectivity index (χ3n) is 5.48. The largest absolute Gasteiger partial charge is 0.493 e. The highest BCUT2D eigenvalue weighted by molar-refractivity contribution is 6.09. The Bertz CT molecular complexity index is 1450. The lowest BCUT2D eigenvalue weighted by molar-refractivity contribution is -0.116. The summed E-state index contributed by atoms with van der Waals surface area (Å²) in [6.07, 6.45) is 1.80. The van der Waals surface area contributed by atoms with Gasteiger partial charge in [0.15, 0.2) is 11.5 Å². The first-order valence-electron chi connectivity index (χ1n) is 10.5. The van der Waals surface area contributed by atoms with Crippen LogP contribution in [0.1, 0.15) is 0 Å². The Balaban J connectivity index is 1.68. The highest BCUT2D eigenvalue weighted by Crippen LogP contribution is 2.37. The quantitative estimate of drug-likeness (QED) is 0.408. The van der Waals surface area contributed by atoms with Gasteiger partial charge in [-0.05, 0) is 18.2 Å². The van der Waals surface area contributed by atoms with Gasteiger partial charge in [-0.2, -0.15) is 5.10 Å². The van der Waals surface area contributed by atoms with Gasteiger partial charge in [0.25, 0.3) is 0 Å². The van der Waals surface area contributed by atoms with E-state index >= 15 is 0 Å². The van der Waals surface area contributed by atoms with Gasteiger partial charge < -0.3 is 14.8 Å². The maximum Gasteiger partial charge on any atom is 0.246 e. The first-order chi connectivity index (χ1) is 16.2. The average Bonchev–Trinajstić information content (AvgIpc) is 3.22. The number of nitrogens with one attached hydrogen (secondary N) is 1. The number of fused-ring (bicyclic) bond motifs is 3. The molecule has 33 heavy (non-hydrogen) atoms. The number of carbonyl (C=O) groups excluding carboxylic acids is 1. The standard InChI is InChI=1S/C26H22N4O3/c1-32-22-13-19-21(14-23(22)33-2)27-15-20-25(17-9-5-3-6-10-17)29-30(26(19)20)16-24(31)28-18-11-7-4-8-12-18/h3-15H,16H2,1-2H3,(H,28,31). The Kier molecular flexibility index (Phi) is 5.36. The molecule has 5 aromatic rings. The highest BCUT2D eigenvalue weighted by atomic mass is 16.5. The summed E-state index contributed by atoms with van der Waals surface area (Å²) in [4.78, 5) is 17.5. The maximum absolute atomic E-state index is 12.9. The molecule has 1 amide bonds. The van der Waals surface area contributed by atoms with Crippen LogP contribution in [-0.4, -0.2) is 34.9 Å². The molecule has 0 saturated heterocycles. The van der Waals surface area contributed by atoms with Crippen molar-refractivity contribution in [2.45, 2.75) is 6.54 Å². The first-order valence-corrected chi connectivity index (χ1v) is 10.5. The van der Waals surface area contributed by atoms with Crippen LogP contribution in [-0.2, 0) is 11.3 Å². The number of amides is 1. The number of hydrogen-bond donors (Lipinski definition) is 1. The normalized spacial score (nSPS) is 11.0. The molecule has 0 aliphatic carbocycles. The van der Waals surface area contributed by atoms with Crippen molar-refractivity contribution in [3.05, 3.63) is 79.0 Å². The monoisotopic (exact) mass is 438 g/mol. The van der Waals surface area contributed by atoms with Crippen molar-refractivity contribution in [1.29, 1.82) is 0 Å². The lowest BCUT2D eigenvalue weighted by Gasteiger charge is -2.11. The Morgan fingerprint density at radius 2 is 1.58 bits per heavy atom. The Morgan fingerprint density at radius 1 is 0.909 bits per heavy atom. The molecule has 5 rings (SSSR count). The molecule has 1 N–H and O–H groups in total. The summed E-state index contributed by atoms with van der Waals surface area (Å²) >= 11 is 0. The Hall–Kier alpha value is -4.39. The van der Waals surface area contributed by atoms with Gasteiger partial charge in [0, 0.05) is 34.3 Å². The molecule has 0 unspecified atom stereocenters. The summed E-state index contributed by atoms with van der Waals surface area (Å²) in [5.74, 6) is 1.01. The van der Waals surface area contributed by atoms with Crippen molar-refractivity contribution >= 4 is 33.4 Å². The van der Waals surface area contributed by atoms with E-state index in [0.717, 1.165) is 38.8 Å². The minimum absolute atomic E-state index is 0.0473. The van der Waals surface area contributed by atoms with E-state index in [2.05, 4.69) is 10.3 Å². The van der Waals surface area contributed by atoms with Crippen LogP contribution in [0.5, 0.6) is 11.5 Å². The predicted molar refractivity (Wildman–Crippen MR) is 129 cm³/mol. The zero-order chi connectivity index (χ0) is 22.8. The number of carbonyl (C=O) groups is 1. The zero-order valence-corrected chi connectivity index (χ0v) is 18.3. The maximum atomic E-state index is 12.9. The fourth-order valence-corrected chi connectivity index (χ4v) is 3.96. The van der Waals surface area contributed by atoms with E-state index in [4.69, 9.17) is 14.6 Å². The molecular formula is C26H22N4O3. The highest BCUT2D eigenvalue weighted by Gasteiger charge is 2.19. The van der Waals surface area contributed by atoms with Crippen LogP contribution in [0.25, 0.3) is 33.1 Å². The molecular weight excluding hydrogens is 416 g/mol. The molecule has 3 aromatic carbocycles. The smallest absolute Gasteiger partial charge is 0.246 e. The molecule has 2 heterocycles. The van der Waals surface area contributed by atoms with E-state index in [9.17, 15) is 4.79 Å². The summed E-state index contributed by atoms with van der Waals surface area (Å²) in [5, 5.41) is 9.45. The van der Waals surface area contributed by atoms with Gasteiger partial charge in [-0.15, -0.1) is 0 Å². The number of methoxy groups -OCH3 is 2. The molecule has 0 atom stereocenters. The second-order valence-electron chi connectivity index (χ2n) is 7.53. The molecule has 0 saturated carbocycles. The van der Waals surface area contributed by atoms with E-state index in [1.807, 2.05) is 72.8 Å². The van der Waals surface area contributed by atoms with Crippen LogP contribution in [0.3, 0.4) is 0 Å². The van der Waals surface area contributed by atoms with Crippen molar-refractivity contribution < 1.29 is 14.3 Å².